The predicted octanol–water partition coefficient (Wildman–Crippen LogP) is 7.19. The maximum absolute atomic E-state index is 14.6. The maximum atomic E-state index is 14.6. The molecule has 232 valence electrons. The molecule has 6 aliphatic rings. The number of anilines is 2. The monoisotopic (exact) mass is 626 g/mol. The van der Waals surface area contributed by atoms with E-state index in [1.54, 1.807) is 0 Å². The largest absolute Gasteiger partial charge is 0.274 e. The first-order valence-electron chi connectivity index (χ1n) is 16.7. The second kappa shape index (κ2) is 9.94. The average Bonchev–Trinajstić information content (AvgIpc) is 3.56. The van der Waals surface area contributed by atoms with Gasteiger partial charge in [-0.1, -0.05) is 109 Å². The zero-order chi connectivity index (χ0) is 32.3. The van der Waals surface area contributed by atoms with Gasteiger partial charge < -0.3 is 0 Å². The lowest BCUT2D eigenvalue weighted by atomic mass is 9.49. The number of allylic oxidation sites excluding steroid dienone is 4. The van der Waals surface area contributed by atoms with Crippen molar-refractivity contribution in [2.45, 2.75) is 6.42 Å². The molecule has 1 saturated carbocycles. The number of hydrogen-bond acceptors (Lipinski definition) is 4. The lowest BCUT2D eigenvalue weighted by molar-refractivity contribution is -0.129. The van der Waals surface area contributed by atoms with Gasteiger partial charge in [0.25, 0.3) is 0 Å². The minimum Gasteiger partial charge on any atom is -0.274 e. The fourth-order valence-corrected chi connectivity index (χ4v) is 9.66. The van der Waals surface area contributed by atoms with Crippen LogP contribution in [-0.2, 0) is 19.2 Å². The van der Waals surface area contributed by atoms with Crippen molar-refractivity contribution in [2.75, 3.05) is 9.80 Å². The molecule has 6 heteroatoms. The summed E-state index contributed by atoms with van der Waals surface area (Å²) in [4.78, 5) is 60.6. The summed E-state index contributed by atoms with van der Waals surface area (Å²) in [6, 6.07) is 37.3. The zero-order valence-corrected chi connectivity index (χ0v) is 25.9. The highest BCUT2D eigenvalue weighted by Crippen LogP contribution is 2.63. The first-order chi connectivity index (χ1) is 23.5. The number of hydrogen-bond donors (Lipinski definition) is 0. The summed E-state index contributed by atoms with van der Waals surface area (Å²) in [7, 11) is 0. The van der Waals surface area contributed by atoms with Crippen molar-refractivity contribution < 1.29 is 19.2 Å². The van der Waals surface area contributed by atoms with E-state index in [0.717, 1.165) is 38.3 Å². The number of carbonyl (C=O) groups is 4. The number of benzene rings is 5. The van der Waals surface area contributed by atoms with Gasteiger partial charge in [0.05, 0.1) is 35.0 Å². The molecule has 0 N–H and O–H groups in total. The smallest absolute Gasteiger partial charge is 0.238 e. The molecule has 6 nitrogen and oxygen atoms in total. The molecule has 4 amide bonds. The van der Waals surface area contributed by atoms with Crippen molar-refractivity contribution >= 4 is 62.1 Å². The van der Waals surface area contributed by atoms with Crippen molar-refractivity contribution in [2.24, 2.45) is 41.4 Å². The summed E-state index contributed by atoms with van der Waals surface area (Å²) in [5.41, 5.74) is 4.24. The van der Waals surface area contributed by atoms with Crippen LogP contribution in [0.2, 0.25) is 0 Å². The zero-order valence-electron chi connectivity index (χ0n) is 25.9. The second-order valence-corrected chi connectivity index (χ2v) is 13.8. The van der Waals surface area contributed by atoms with Crippen LogP contribution in [0.15, 0.2) is 133 Å². The summed E-state index contributed by atoms with van der Waals surface area (Å²) in [5.74, 6) is -4.19. The number of imide groups is 2. The molecule has 0 radical (unpaired) electrons. The Morgan fingerprint density at radius 2 is 1.02 bits per heavy atom. The molecular formula is C42H30N2O4. The van der Waals surface area contributed by atoms with E-state index >= 15 is 0 Å². The molecule has 3 fully saturated rings. The van der Waals surface area contributed by atoms with Crippen molar-refractivity contribution in [1.82, 2.24) is 0 Å². The molecule has 0 aromatic heterocycles. The van der Waals surface area contributed by atoms with Crippen LogP contribution in [0.4, 0.5) is 11.4 Å². The van der Waals surface area contributed by atoms with Crippen molar-refractivity contribution in [3.63, 3.8) is 0 Å². The maximum Gasteiger partial charge on any atom is 0.238 e. The Balaban J connectivity index is 1.11. The molecule has 5 aromatic carbocycles. The van der Waals surface area contributed by atoms with Crippen molar-refractivity contribution in [1.29, 1.82) is 0 Å². The molecule has 7 atom stereocenters. The van der Waals surface area contributed by atoms with Crippen LogP contribution < -0.4 is 9.80 Å². The van der Waals surface area contributed by atoms with Crippen LogP contribution in [0.5, 0.6) is 0 Å². The standard InChI is InChI=1S/C42H30N2O4/c45-39-33-22-32(25-10-2-1-3-11-25)34-30-18-19-31(35(34)38(33)42(48)43(39)28-16-14-23-8-4-6-12-26(23)20-28)37-36(30)40(46)44(41(37)47)29-17-15-24-9-5-7-13-27(24)21-29/h1-21,30-31,33,35-38H,22H2/t30-,31-,33-,35+,36-,37+,38+/m1/s1. The summed E-state index contributed by atoms with van der Waals surface area (Å²) in [6.07, 6.45) is 4.58. The average molecular weight is 627 g/mol. The fraction of sp³-hybridized carbons (Fsp3) is 0.190. The summed E-state index contributed by atoms with van der Waals surface area (Å²) in [5, 5.41) is 3.99. The molecule has 2 heterocycles. The molecule has 11 rings (SSSR count). The highest BCUT2D eigenvalue weighted by atomic mass is 16.2. The van der Waals surface area contributed by atoms with Crippen LogP contribution >= 0.6 is 0 Å². The summed E-state index contributed by atoms with van der Waals surface area (Å²) >= 11 is 0. The Labute approximate surface area is 277 Å². The molecule has 2 aliphatic heterocycles. The summed E-state index contributed by atoms with van der Waals surface area (Å²) in [6.45, 7) is 0. The molecule has 2 bridgehead atoms. The Morgan fingerprint density at radius 3 is 1.67 bits per heavy atom. The van der Waals surface area contributed by atoms with Crippen LogP contribution in [0.25, 0.3) is 27.1 Å². The number of fused-ring (bicyclic) bond motifs is 3. The van der Waals surface area contributed by atoms with E-state index in [-0.39, 0.29) is 41.4 Å². The second-order valence-electron chi connectivity index (χ2n) is 13.8. The van der Waals surface area contributed by atoms with Gasteiger partial charge >= 0.3 is 0 Å². The van der Waals surface area contributed by atoms with Gasteiger partial charge in [-0.25, -0.2) is 4.90 Å². The third-order valence-electron chi connectivity index (χ3n) is 11.6. The molecule has 0 unspecified atom stereocenters. The van der Waals surface area contributed by atoms with E-state index < -0.39 is 23.7 Å². The van der Waals surface area contributed by atoms with Crippen LogP contribution in [0, 0.1) is 41.4 Å². The van der Waals surface area contributed by atoms with E-state index in [1.165, 1.54) is 9.80 Å². The Morgan fingerprint density at radius 1 is 0.479 bits per heavy atom. The van der Waals surface area contributed by atoms with Gasteiger partial charge in [-0.05, 0) is 69.3 Å². The third kappa shape index (κ3) is 3.63. The van der Waals surface area contributed by atoms with E-state index in [9.17, 15) is 19.2 Å². The van der Waals surface area contributed by atoms with Gasteiger partial charge in [-0.3, -0.25) is 24.1 Å². The number of amides is 4. The minimum atomic E-state index is -0.609. The number of carbonyl (C=O) groups excluding carboxylic acids is 4. The van der Waals surface area contributed by atoms with Gasteiger partial charge in [0.15, 0.2) is 0 Å². The van der Waals surface area contributed by atoms with Gasteiger partial charge in [-0.15, -0.1) is 0 Å². The van der Waals surface area contributed by atoms with Crippen molar-refractivity contribution in [3.8, 4) is 0 Å². The molecule has 5 aromatic rings. The Bertz CT molecular complexity index is 2320. The normalized spacial score (nSPS) is 28.9. The molecule has 4 aliphatic carbocycles. The lowest BCUT2D eigenvalue weighted by Gasteiger charge is -2.51. The minimum absolute atomic E-state index is 0.188. The van der Waals surface area contributed by atoms with E-state index in [2.05, 4.69) is 24.3 Å². The molecule has 2 saturated heterocycles. The number of nitrogens with zero attached hydrogens (tertiary/aromatic N) is 2. The summed E-state index contributed by atoms with van der Waals surface area (Å²) < 4.78 is 0. The Hall–Kier alpha value is -5.62. The quantitative estimate of drug-likeness (QED) is 0.157. The fourth-order valence-electron chi connectivity index (χ4n) is 9.66. The van der Waals surface area contributed by atoms with Gasteiger partial charge in [-0.2, -0.15) is 0 Å². The van der Waals surface area contributed by atoms with Crippen molar-refractivity contribution in [3.05, 3.63) is 139 Å². The van der Waals surface area contributed by atoms with Crippen LogP contribution in [0.3, 0.4) is 0 Å². The van der Waals surface area contributed by atoms with E-state index in [0.29, 0.717) is 17.8 Å². The van der Waals surface area contributed by atoms with E-state index in [4.69, 9.17) is 0 Å². The van der Waals surface area contributed by atoms with Gasteiger partial charge in [0, 0.05) is 11.8 Å². The molecule has 48 heavy (non-hydrogen) atoms. The predicted molar refractivity (Wildman–Crippen MR) is 184 cm³/mol. The highest BCUT2D eigenvalue weighted by Gasteiger charge is 2.67. The van der Waals surface area contributed by atoms with E-state index in [1.807, 2.05) is 103 Å². The first-order valence-corrected chi connectivity index (χ1v) is 16.7. The Kier molecular flexibility index (Phi) is 5.69. The third-order valence-corrected chi connectivity index (χ3v) is 11.6. The van der Waals surface area contributed by atoms with Gasteiger partial charge in [0.1, 0.15) is 0 Å². The highest BCUT2D eigenvalue weighted by molar-refractivity contribution is 6.25. The van der Waals surface area contributed by atoms with Crippen LogP contribution in [0.1, 0.15) is 12.0 Å². The molecular weight excluding hydrogens is 596 g/mol. The number of rotatable bonds is 3. The first kappa shape index (κ1) is 27.5. The SMILES string of the molecule is O=C1[C@@H]2[C@@H]3C(=C(c4ccccc4)C[C@H]2C(=O)N1c1ccc2ccccc2c1)[C@H]1C=C[C@H]3[C@@H]2C(=O)N(c3ccc4ccccc4c3)C(=O)[C@@H]21. The van der Waals surface area contributed by atoms with Gasteiger partial charge in [0.2, 0.25) is 23.6 Å². The topological polar surface area (TPSA) is 74.8 Å². The lowest BCUT2D eigenvalue weighted by Crippen LogP contribution is -2.51. The molecule has 0 spiro atoms. The van der Waals surface area contributed by atoms with Crippen LogP contribution in [-0.4, -0.2) is 23.6 Å².